The van der Waals surface area contributed by atoms with E-state index in [2.05, 4.69) is 37.9 Å². The molecule has 1 aromatic carbocycles. The van der Waals surface area contributed by atoms with Crippen molar-refractivity contribution in [3.63, 3.8) is 0 Å². The van der Waals surface area contributed by atoms with Crippen LogP contribution < -0.4 is 5.32 Å². The smallest absolute Gasteiger partial charge is 0.341 e. The van der Waals surface area contributed by atoms with E-state index < -0.39 is 5.97 Å². The van der Waals surface area contributed by atoms with Crippen LogP contribution in [-0.4, -0.2) is 42.6 Å². The number of nitrogens with zero attached hydrogens (tertiary/aromatic N) is 1. The van der Waals surface area contributed by atoms with Gasteiger partial charge in [0.15, 0.2) is 0 Å². The Labute approximate surface area is 154 Å². The standard InChI is InChI=1S/C18H26Cl2N2O2/c1-5-22(11(2)3)12(4)10-24-18(23)16-15(19)8-13-9-21-7-6-14(13)17(16)20/h8,11-12,21H,5-7,9-10H2,1-4H3. The molecule has 0 saturated heterocycles. The second-order valence-corrected chi connectivity index (χ2v) is 7.27. The summed E-state index contributed by atoms with van der Waals surface area (Å²) >= 11 is 12.8. The number of ether oxygens (including phenoxy) is 1. The van der Waals surface area contributed by atoms with Crippen molar-refractivity contribution in [3.8, 4) is 0 Å². The van der Waals surface area contributed by atoms with E-state index in [4.69, 9.17) is 27.9 Å². The van der Waals surface area contributed by atoms with Gasteiger partial charge in [0.1, 0.15) is 6.61 Å². The lowest BCUT2D eigenvalue weighted by atomic mass is 9.98. The highest BCUT2D eigenvalue weighted by atomic mass is 35.5. The first-order valence-electron chi connectivity index (χ1n) is 8.50. The van der Waals surface area contributed by atoms with Gasteiger partial charge in [0.25, 0.3) is 0 Å². The van der Waals surface area contributed by atoms with Gasteiger partial charge in [-0.3, -0.25) is 4.90 Å². The average Bonchev–Trinajstić information content (AvgIpc) is 2.53. The van der Waals surface area contributed by atoms with E-state index in [1.807, 2.05) is 6.07 Å². The Bertz CT molecular complexity index is 605. The van der Waals surface area contributed by atoms with Gasteiger partial charge < -0.3 is 10.1 Å². The minimum atomic E-state index is -0.446. The van der Waals surface area contributed by atoms with E-state index in [0.717, 1.165) is 37.2 Å². The highest BCUT2D eigenvalue weighted by Gasteiger charge is 2.25. The van der Waals surface area contributed by atoms with Crippen molar-refractivity contribution in [1.29, 1.82) is 0 Å². The number of benzene rings is 1. The number of fused-ring (bicyclic) bond motifs is 1. The maximum Gasteiger partial charge on any atom is 0.341 e. The molecular weight excluding hydrogens is 347 g/mol. The Balaban J connectivity index is 2.13. The Morgan fingerprint density at radius 3 is 2.71 bits per heavy atom. The number of likely N-dealkylation sites (N-methyl/N-ethyl adjacent to an activating group) is 1. The molecule has 1 aliphatic heterocycles. The van der Waals surface area contributed by atoms with Crippen LogP contribution in [0.3, 0.4) is 0 Å². The van der Waals surface area contributed by atoms with E-state index in [1.54, 1.807) is 0 Å². The fourth-order valence-corrected chi connectivity index (χ4v) is 4.06. The highest BCUT2D eigenvalue weighted by Crippen LogP contribution is 2.33. The Morgan fingerprint density at radius 2 is 2.08 bits per heavy atom. The summed E-state index contributed by atoms with van der Waals surface area (Å²) in [7, 11) is 0. The summed E-state index contributed by atoms with van der Waals surface area (Å²) in [5.74, 6) is -0.446. The molecule has 1 aliphatic rings. The van der Waals surface area contributed by atoms with Crippen molar-refractivity contribution in [2.75, 3.05) is 19.7 Å². The summed E-state index contributed by atoms with van der Waals surface area (Å²) in [5.41, 5.74) is 2.34. The fraction of sp³-hybridized carbons (Fsp3) is 0.611. The van der Waals surface area contributed by atoms with Crippen molar-refractivity contribution in [2.45, 2.75) is 52.7 Å². The van der Waals surface area contributed by atoms with E-state index in [0.29, 0.717) is 28.3 Å². The number of esters is 1. The minimum Gasteiger partial charge on any atom is -0.460 e. The molecule has 0 bridgehead atoms. The lowest BCUT2D eigenvalue weighted by Gasteiger charge is -2.31. The average molecular weight is 373 g/mol. The van der Waals surface area contributed by atoms with Gasteiger partial charge in [-0.2, -0.15) is 0 Å². The third kappa shape index (κ3) is 4.23. The van der Waals surface area contributed by atoms with Crippen LogP contribution in [0.5, 0.6) is 0 Å². The molecule has 0 aliphatic carbocycles. The molecule has 1 unspecified atom stereocenters. The predicted molar refractivity (Wildman–Crippen MR) is 99.1 cm³/mol. The molecule has 0 amide bonds. The SMILES string of the molecule is CCN(C(C)C)C(C)COC(=O)c1c(Cl)cc2c(c1Cl)CCNC2. The minimum absolute atomic E-state index is 0.137. The van der Waals surface area contributed by atoms with Gasteiger partial charge in [0.05, 0.1) is 15.6 Å². The number of carbonyl (C=O) groups excluding carboxylic acids is 1. The van der Waals surface area contributed by atoms with Crippen molar-refractivity contribution in [1.82, 2.24) is 10.2 Å². The second kappa shape index (κ2) is 8.52. The first kappa shape index (κ1) is 19.5. The lowest BCUT2D eigenvalue weighted by molar-refractivity contribution is 0.0337. The molecule has 1 N–H and O–H groups in total. The maximum atomic E-state index is 12.5. The molecule has 2 rings (SSSR count). The molecule has 0 aromatic heterocycles. The van der Waals surface area contributed by atoms with Gasteiger partial charge in [-0.15, -0.1) is 0 Å². The number of nitrogens with one attached hydrogen (secondary N) is 1. The Morgan fingerprint density at radius 1 is 1.38 bits per heavy atom. The summed E-state index contributed by atoms with van der Waals surface area (Å²) in [5, 5.41) is 4.07. The van der Waals surface area contributed by atoms with Crippen LogP contribution in [0.25, 0.3) is 0 Å². The predicted octanol–water partition coefficient (Wildman–Crippen LogP) is 3.91. The zero-order valence-electron chi connectivity index (χ0n) is 14.8. The van der Waals surface area contributed by atoms with E-state index >= 15 is 0 Å². The zero-order chi connectivity index (χ0) is 17.9. The molecule has 134 valence electrons. The molecular formula is C18H26Cl2N2O2. The maximum absolute atomic E-state index is 12.5. The quantitative estimate of drug-likeness (QED) is 0.768. The molecule has 1 atom stereocenters. The van der Waals surface area contributed by atoms with E-state index in [-0.39, 0.29) is 6.04 Å². The molecule has 1 heterocycles. The second-order valence-electron chi connectivity index (χ2n) is 6.48. The number of rotatable bonds is 6. The van der Waals surface area contributed by atoms with E-state index in [9.17, 15) is 4.79 Å². The van der Waals surface area contributed by atoms with Crippen LogP contribution in [0.15, 0.2) is 6.07 Å². The third-order valence-electron chi connectivity index (χ3n) is 4.53. The van der Waals surface area contributed by atoms with Crippen molar-refractivity contribution < 1.29 is 9.53 Å². The van der Waals surface area contributed by atoms with Gasteiger partial charge in [-0.05, 0) is 57.5 Å². The topological polar surface area (TPSA) is 41.6 Å². The van der Waals surface area contributed by atoms with E-state index in [1.165, 1.54) is 0 Å². The number of hydrogen-bond acceptors (Lipinski definition) is 4. The monoisotopic (exact) mass is 372 g/mol. The van der Waals surface area contributed by atoms with Crippen LogP contribution in [-0.2, 0) is 17.7 Å². The molecule has 0 radical (unpaired) electrons. The van der Waals surface area contributed by atoms with Crippen LogP contribution in [0.4, 0.5) is 0 Å². The van der Waals surface area contributed by atoms with Crippen molar-refractivity contribution in [3.05, 3.63) is 32.8 Å². The van der Waals surface area contributed by atoms with Crippen molar-refractivity contribution >= 4 is 29.2 Å². The normalized spacial score (nSPS) is 15.5. The van der Waals surface area contributed by atoms with Gasteiger partial charge in [-0.25, -0.2) is 4.79 Å². The summed E-state index contributed by atoms with van der Waals surface area (Å²) in [6.07, 6.45) is 0.791. The first-order valence-corrected chi connectivity index (χ1v) is 9.25. The number of hydrogen-bond donors (Lipinski definition) is 1. The van der Waals surface area contributed by atoms with Crippen LogP contribution >= 0.6 is 23.2 Å². The van der Waals surface area contributed by atoms with Crippen LogP contribution in [0.1, 0.15) is 49.2 Å². The summed E-state index contributed by atoms with van der Waals surface area (Å²) in [4.78, 5) is 14.8. The third-order valence-corrected chi connectivity index (χ3v) is 5.25. The van der Waals surface area contributed by atoms with Gasteiger partial charge in [0.2, 0.25) is 0 Å². The molecule has 24 heavy (non-hydrogen) atoms. The van der Waals surface area contributed by atoms with Gasteiger partial charge in [0, 0.05) is 18.6 Å². The lowest BCUT2D eigenvalue weighted by Crippen LogP contribution is -2.41. The number of carbonyl (C=O) groups is 1. The highest BCUT2D eigenvalue weighted by molar-refractivity contribution is 6.40. The van der Waals surface area contributed by atoms with Crippen LogP contribution in [0.2, 0.25) is 10.0 Å². The van der Waals surface area contributed by atoms with Gasteiger partial charge in [-0.1, -0.05) is 30.1 Å². The molecule has 0 saturated carbocycles. The Hall–Kier alpha value is -0.810. The molecule has 0 fully saturated rings. The first-order chi connectivity index (χ1) is 11.4. The summed E-state index contributed by atoms with van der Waals surface area (Å²) in [6.45, 7) is 11.2. The molecule has 4 nitrogen and oxygen atoms in total. The molecule has 6 heteroatoms. The number of halogens is 2. The summed E-state index contributed by atoms with van der Waals surface area (Å²) < 4.78 is 5.51. The zero-order valence-corrected chi connectivity index (χ0v) is 16.3. The Kier molecular flexibility index (Phi) is 6.93. The van der Waals surface area contributed by atoms with Crippen molar-refractivity contribution in [2.24, 2.45) is 0 Å². The summed E-state index contributed by atoms with van der Waals surface area (Å²) in [6, 6.07) is 2.35. The largest absolute Gasteiger partial charge is 0.460 e. The fourth-order valence-electron chi connectivity index (χ4n) is 3.31. The molecule has 0 spiro atoms. The molecule has 1 aromatic rings. The van der Waals surface area contributed by atoms with Gasteiger partial charge >= 0.3 is 5.97 Å². The van der Waals surface area contributed by atoms with Crippen LogP contribution in [0, 0.1) is 0 Å².